The molecule has 0 aromatic heterocycles. The first-order valence-electron chi connectivity index (χ1n) is 9.06. The molecule has 9 heteroatoms. The minimum Gasteiger partial charge on any atom is -0.368 e. The Morgan fingerprint density at radius 3 is 2.52 bits per heavy atom. The quantitative estimate of drug-likeness (QED) is 0.761. The molecule has 0 unspecified atom stereocenters. The van der Waals surface area contributed by atoms with E-state index in [-0.39, 0.29) is 30.9 Å². The van der Waals surface area contributed by atoms with Crippen LogP contribution in [0.2, 0.25) is 5.02 Å². The third-order valence-corrected chi connectivity index (χ3v) is 6.78. The van der Waals surface area contributed by atoms with Crippen LogP contribution in [0.5, 0.6) is 0 Å². The lowest BCUT2D eigenvalue weighted by atomic mass is 10.1. The van der Waals surface area contributed by atoms with E-state index < -0.39 is 0 Å². The number of benzene rings is 1. The molecule has 1 aromatic rings. The minimum atomic E-state index is 0. The van der Waals surface area contributed by atoms with Gasteiger partial charge in [-0.3, -0.25) is 9.69 Å². The van der Waals surface area contributed by atoms with Crippen molar-refractivity contribution in [2.45, 2.75) is 18.5 Å². The van der Waals surface area contributed by atoms with Crippen LogP contribution in [-0.4, -0.2) is 78.7 Å². The van der Waals surface area contributed by atoms with Crippen molar-refractivity contribution >= 4 is 59.8 Å². The van der Waals surface area contributed by atoms with Crippen LogP contribution in [0.4, 0.5) is 5.69 Å². The number of anilines is 1. The molecule has 1 N–H and O–H groups in total. The number of carbonyl (C=O) groups is 1. The van der Waals surface area contributed by atoms with Gasteiger partial charge < -0.3 is 15.1 Å². The lowest BCUT2D eigenvalue weighted by Gasteiger charge is -2.39. The van der Waals surface area contributed by atoms with Crippen molar-refractivity contribution in [1.82, 2.24) is 15.1 Å². The molecule has 27 heavy (non-hydrogen) atoms. The Morgan fingerprint density at radius 1 is 1.11 bits per heavy atom. The standard InChI is InChI=1S/C18H25ClN4OS.2ClH/c19-15-3-1-2-4-17(15)22-7-5-21(6-8-22)14-11-16(20-12-14)18(24)23-9-10-25-13-23;;/h1-4,14,16,20H,5-13H2;2*1H/t14-,16-;;/m0../s1. The second-order valence-corrected chi connectivity index (χ2v) is 8.45. The van der Waals surface area contributed by atoms with Crippen molar-refractivity contribution in [1.29, 1.82) is 0 Å². The maximum atomic E-state index is 12.6. The zero-order valence-corrected chi connectivity index (χ0v) is 18.4. The number of rotatable bonds is 3. The molecular formula is C18H27Cl3N4OS. The molecular weight excluding hydrogens is 427 g/mol. The molecule has 0 radical (unpaired) electrons. The van der Waals surface area contributed by atoms with Gasteiger partial charge in [-0.1, -0.05) is 23.7 Å². The summed E-state index contributed by atoms with van der Waals surface area (Å²) in [5, 5.41) is 4.28. The monoisotopic (exact) mass is 452 g/mol. The molecule has 3 saturated heterocycles. The molecule has 0 saturated carbocycles. The van der Waals surface area contributed by atoms with E-state index in [0.29, 0.717) is 11.9 Å². The second-order valence-electron chi connectivity index (χ2n) is 6.96. The predicted molar refractivity (Wildman–Crippen MR) is 119 cm³/mol. The molecule has 0 bridgehead atoms. The van der Waals surface area contributed by atoms with E-state index in [1.165, 1.54) is 0 Å². The summed E-state index contributed by atoms with van der Waals surface area (Å²) in [6, 6.07) is 8.54. The zero-order valence-electron chi connectivity index (χ0n) is 15.2. The smallest absolute Gasteiger partial charge is 0.240 e. The Labute approximate surface area is 183 Å². The van der Waals surface area contributed by atoms with Crippen molar-refractivity contribution in [3.63, 3.8) is 0 Å². The van der Waals surface area contributed by atoms with Crippen molar-refractivity contribution in [3.05, 3.63) is 29.3 Å². The van der Waals surface area contributed by atoms with Crippen LogP contribution in [0.15, 0.2) is 24.3 Å². The maximum Gasteiger partial charge on any atom is 0.240 e. The summed E-state index contributed by atoms with van der Waals surface area (Å²) in [6.07, 6.45) is 0.937. The fraction of sp³-hybridized carbons (Fsp3) is 0.611. The van der Waals surface area contributed by atoms with Gasteiger partial charge in [0.1, 0.15) is 0 Å². The Hall–Kier alpha value is -0.370. The summed E-state index contributed by atoms with van der Waals surface area (Å²) in [7, 11) is 0. The number of halogens is 3. The molecule has 0 spiro atoms. The molecule has 1 aromatic carbocycles. The van der Waals surface area contributed by atoms with Gasteiger partial charge >= 0.3 is 0 Å². The fourth-order valence-corrected chi connectivity index (χ4v) is 5.24. The van der Waals surface area contributed by atoms with Gasteiger partial charge in [-0.2, -0.15) is 0 Å². The normalized spacial score (nSPS) is 25.8. The van der Waals surface area contributed by atoms with Crippen molar-refractivity contribution in [2.24, 2.45) is 0 Å². The lowest BCUT2D eigenvalue weighted by molar-refractivity contribution is -0.131. The summed E-state index contributed by atoms with van der Waals surface area (Å²) in [6.45, 7) is 5.85. The predicted octanol–water partition coefficient (Wildman–Crippen LogP) is 2.57. The summed E-state index contributed by atoms with van der Waals surface area (Å²) in [5.74, 6) is 2.23. The SMILES string of the molecule is Cl.Cl.O=C([C@@H]1C[C@H](N2CCN(c3ccccc3Cl)CC2)CN1)N1CCSC1. The zero-order chi connectivity index (χ0) is 17.2. The van der Waals surface area contributed by atoms with Crippen LogP contribution in [-0.2, 0) is 4.79 Å². The lowest BCUT2D eigenvalue weighted by Crippen LogP contribution is -2.51. The fourth-order valence-electron chi connectivity index (χ4n) is 4.03. The third-order valence-electron chi connectivity index (χ3n) is 5.49. The van der Waals surface area contributed by atoms with Crippen LogP contribution in [0.1, 0.15) is 6.42 Å². The summed E-state index contributed by atoms with van der Waals surface area (Å²) < 4.78 is 0. The molecule has 3 heterocycles. The number of nitrogens with zero attached hydrogens (tertiary/aromatic N) is 3. The highest BCUT2D eigenvalue weighted by molar-refractivity contribution is 7.99. The average Bonchev–Trinajstić information content (AvgIpc) is 3.34. The summed E-state index contributed by atoms with van der Waals surface area (Å²) in [5.41, 5.74) is 1.13. The van der Waals surface area contributed by atoms with Crippen LogP contribution in [0, 0.1) is 0 Å². The molecule has 152 valence electrons. The third kappa shape index (κ3) is 5.17. The molecule has 0 aliphatic carbocycles. The number of hydrogen-bond acceptors (Lipinski definition) is 5. The largest absolute Gasteiger partial charge is 0.368 e. The van der Waals surface area contributed by atoms with Gasteiger partial charge in [0.25, 0.3) is 0 Å². The topological polar surface area (TPSA) is 38.8 Å². The van der Waals surface area contributed by atoms with E-state index in [1.54, 1.807) is 0 Å². The Morgan fingerprint density at radius 2 is 1.85 bits per heavy atom. The first kappa shape index (κ1) is 22.9. The van der Waals surface area contributed by atoms with E-state index in [1.807, 2.05) is 34.9 Å². The Kier molecular flexibility index (Phi) is 8.84. The van der Waals surface area contributed by atoms with E-state index in [9.17, 15) is 4.79 Å². The van der Waals surface area contributed by atoms with Crippen LogP contribution in [0.3, 0.4) is 0 Å². The number of carbonyl (C=O) groups excluding carboxylic acids is 1. The Balaban J connectivity index is 0.00000131. The van der Waals surface area contributed by atoms with Crippen molar-refractivity contribution < 1.29 is 4.79 Å². The van der Waals surface area contributed by atoms with Gasteiger partial charge in [0.05, 0.1) is 22.6 Å². The van der Waals surface area contributed by atoms with Gasteiger partial charge in [-0.15, -0.1) is 36.6 Å². The van der Waals surface area contributed by atoms with Gasteiger partial charge in [0, 0.05) is 51.1 Å². The van der Waals surface area contributed by atoms with Gasteiger partial charge in [0.2, 0.25) is 5.91 Å². The first-order valence-corrected chi connectivity index (χ1v) is 10.6. The average molecular weight is 454 g/mol. The van der Waals surface area contributed by atoms with Gasteiger partial charge in [0.15, 0.2) is 0 Å². The van der Waals surface area contributed by atoms with Crippen LogP contribution in [0.25, 0.3) is 0 Å². The molecule has 5 nitrogen and oxygen atoms in total. The summed E-state index contributed by atoms with van der Waals surface area (Å²) >= 11 is 8.18. The number of amides is 1. The van der Waals surface area contributed by atoms with E-state index in [4.69, 9.17) is 11.6 Å². The molecule has 2 atom stereocenters. The number of piperazine rings is 1. The van der Waals surface area contributed by atoms with Crippen LogP contribution < -0.4 is 10.2 Å². The van der Waals surface area contributed by atoms with Gasteiger partial charge in [-0.25, -0.2) is 0 Å². The molecule has 4 rings (SSSR count). The number of thioether (sulfide) groups is 1. The highest BCUT2D eigenvalue weighted by atomic mass is 35.5. The van der Waals surface area contributed by atoms with Crippen molar-refractivity contribution in [3.8, 4) is 0 Å². The summed E-state index contributed by atoms with van der Waals surface area (Å²) in [4.78, 5) is 19.5. The van der Waals surface area contributed by atoms with E-state index >= 15 is 0 Å². The first-order chi connectivity index (χ1) is 12.2. The number of para-hydroxylation sites is 1. The minimum absolute atomic E-state index is 0. The number of hydrogen-bond donors (Lipinski definition) is 1. The molecule has 3 aliphatic heterocycles. The van der Waals surface area contributed by atoms with E-state index in [2.05, 4.69) is 21.2 Å². The Bertz CT molecular complexity index is 624. The van der Waals surface area contributed by atoms with E-state index in [0.717, 1.165) is 68.0 Å². The molecule has 1 amide bonds. The van der Waals surface area contributed by atoms with Crippen molar-refractivity contribution in [2.75, 3.05) is 55.8 Å². The highest BCUT2D eigenvalue weighted by Gasteiger charge is 2.36. The molecule has 3 fully saturated rings. The van der Waals surface area contributed by atoms with Crippen LogP contribution >= 0.6 is 48.2 Å². The maximum absolute atomic E-state index is 12.6. The van der Waals surface area contributed by atoms with Gasteiger partial charge in [-0.05, 0) is 18.6 Å². The highest BCUT2D eigenvalue weighted by Crippen LogP contribution is 2.27. The molecule has 3 aliphatic rings. The number of nitrogens with one attached hydrogen (secondary N) is 1. The second kappa shape index (κ2) is 10.4.